The molecule has 6 aromatic heterocycles. The number of rotatable bonds is 4. The van der Waals surface area contributed by atoms with Gasteiger partial charge in [0.2, 0.25) is 0 Å². The van der Waals surface area contributed by atoms with E-state index in [0.717, 1.165) is 83.3 Å². The van der Waals surface area contributed by atoms with Crippen molar-refractivity contribution < 1.29 is 0 Å². The first-order chi connectivity index (χ1) is 22.3. The Balaban J connectivity index is 1.31. The molecule has 6 heteroatoms. The maximum Gasteiger partial charge on any atom is 0.138 e. The van der Waals surface area contributed by atoms with Crippen LogP contribution in [0.4, 0.5) is 0 Å². The van der Waals surface area contributed by atoms with Crippen LogP contribution in [0.15, 0.2) is 146 Å². The molecule has 6 nitrogen and oxygen atoms in total. The summed E-state index contributed by atoms with van der Waals surface area (Å²) in [6.07, 6.45) is 5.55. The van der Waals surface area contributed by atoms with Gasteiger partial charge in [-0.3, -0.25) is 14.5 Å². The second-order valence-electron chi connectivity index (χ2n) is 11.0. The number of nitrogens with zero attached hydrogens (tertiary/aromatic N) is 6. The molecule has 0 atom stereocenters. The lowest BCUT2D eigenvalue weighted by Crippen LogP contribution is -2.00. The number of hydrogen-bond donors (Lipinski definition) is 0. The van der Waals surface area contributed by atoms with Crippen molar-refractivity contribution >= 4 is 43.6 Å². The SMILES string of the molecule is c1ccc(-c2cc(-c3c4ccccc4nc4ccccc34)cc(-c3cccc(-n4c5ccccc5c5cnccc54)n3)n2)nc1. The number of fused-ring (bicyclic) bond motifs is 5. The van der Waals surface area contributed by atoms with Gasteiger partial charge in [0.25, 0.3) is 0 Å². The van der Waals surface area contributed by atoms with Crippen molar-refractivity contribution in [3.8, 4) is 39.7 Å². The molecule has 3 aromatic carbocycles. The van der Waals surface area contributed by atoms with Crippen molar-refractivity contribution in [2.45, 2.75) is 0 Å². The number of benzene rings is 3. The van der Waals surface area contributed by atoms with Crippen molar-refractivity contribution in [3.05, 3.63) is 146 Å². The normalized spacial score (nSPS) is 11.6. The lowest BCUT2D eigenvalue weighted by atomic mass is 9.95. The van der Waals surface area contributed by atoms with Crippen molar-refractivity contribution in [1.82, 2.24) is 29.5 Å². The monoisotopic (exact) mass is 576 g/mol. The van der Waals surface area contributed by atoms with Crippen LogP contribution in [0.3, 0.4) is 0 Å². The average molecular weight is 577 g/mol. The van der Waals surface area contributed by atoms with E-state index in [-0.39, 0.29) is 0 Å². The van der Waals surface area contributed by atoms with E-state index in [0.29, 0.717) is 0 Å². The molecule has 210 valence electrons. The Kier molecular flexibility index (Phi) is 5.71. The molecule has 9 rings (SSSR count). The number of para-hydroxylation sites is 3. The highest BCUT2D eigenvalue weighted by Gasteiger charge is 2.17. The van der Waals surface area contributed by atoms with Crippen LogP contribution in [0, 0.1) is 0 Å². The second-order valence-corrected chi connectivity index (χ2v) is 11.0. The summed E-state index contributed by atoms with van der Waals surface area (Å²) in [4.78, 5) is 24.4. The zero-order chi connectivity index (χ0) is 29.7. The molecule has 0 saturated carbocycles. The third-order valence-electron chi connectivity index (χ3n) is 8.33. The van der Waals surface area contributed by atoms with Gasteiger partial charge in [0, 0.05) is 45.7 Å². The fourth-order valence-corrected chi connectivity index (χ4v) is 6.36. The highest BCUT2D eigenvalue weighted by atomic mass is 15.1. The van der Waals surface area contributed by atoms with Gasteiger partial charge in [-0.15, -0.1) is 0 Å². The molecule has 0 unspecified atom stereocenters. The summed E-state index contributed by atoms with van der Waals surface area (Å²) >= 11 is 0. The van der Waals surface area contributed by atoms with Gasteiger partial charge in [-0.25, -0.2) is 15.0 Å². The summed E-state index contributed by atoms with van der Waals surface area (Å²) in [6.45, 7) is 0. The number of pyridine rings is 5. The molecule has 6 heterocycles. The first kappa shape index (κ1) is 25.2. The Hall–Kier alpha value is -6.27. The van der Waals surface area contributed by atoms with E-state index < -0.39 is 0 Å². The van der Waals surface area contributed by atoms with Crippen molar-refractivity contribution in [1.29, 1.82) is 0 Å². The van der Waals surface area contributed by atoms with Gasteiger partial charge < -0.3 is 0 Å². The maximum absolute atomic E-state index is 5.23. The quantitative estimate of drug-likeness (QED) is 0.196. The van der Waals surface area contributed by atoms with Gasteiger partial charge in [0.05, 0.1) is 44.8 Å². The van der Waals surface area contributed by atoms with E-state index in [2.05, 4.69) is 87.3 Å². The van der Waals surface area contributed by atoms with Crippen molar-refractivity contribution in [2.24, 2.45) is 0 Å². The molecular formula is C39H24N6. The molecule has 0 radical (unpaired) electrons. The molecule has 0 bridgehead atoms. The summed E-state index contributed by atoms with van der Waals surface area (Å²) < 4.78 is 2.20. The molecule has 45 heavy (non-hydrogen) atoms. The molecular weight excluding hydrogens is 552 g/mol. The van der Waals surface area contributed by atoms with E-state index in [4.69, 9.17) is 15.0 Å². The molecule has 0 saturated heterocycles. The second kappa shape index (κ2) is 10.2. The van der Waals surface area contributed by atoms with Gasteiger partial charge in [0.15, 0.2) is 0 Å². The third kappa shape index (κ3) is 4.15. The molecule has 0 N–H and O–H groups in total. The highest BCUT2D eigenvalue weighted by molar-refractivity contribution is 6.10. The summed E-state index contributed by atoms with van der Waals surface area (Å²) in [5.41, 5.74) is 9.30. The smallest absolute Gasteiger partial charge is 0.138 e. The number of aromatic nitrogens is 6. The minimum atomic E-state index is 0.766. The lowest BCUT2D eigenvalue weighted by molar-refractivity contribution is 1.07. The summed E-state index contributed by atoms with van der Waals surface area (Å²) in [5.74, 6) is 0.816. The third-order valence-corrected chi connectivity index (χ3v) is 8.33. The van der Waals surface area contributed by atoms with Gasteiger partial charge in [0.1, 0.15) is 5.82 Å². The fourth-order valence-electron chi connectivity index (χ4n) is 6.36. The molecule has 0 fully saturated rings. The predicted molar refractivity (Wildman–Crippen MR) is 181 cm³/mol. The van der Waals surface area contributed by atoms with E-state index >= 15 is 0 Å². The van der Waals surface area contributed by atoms with Gasteiger partial charge in [-0.2, -0.15) is 0 Å². The Morgan fingerprint density at radius 1 is 0.444 bits per heavy atom. The molecule has 0 amide bonds. The van der Waals surface area contributed by atoms with E-state index in [9.17, 15) is 0 Å². The van der Waals surface area contributed by atoms with Crippen LogP contribution in [-0.2, 0) is 0 Å². The maximum atomic E-state index is 5.23. The van der Waals surface area contributed by atoms with Crippen LogP contribution in [-0.4, -0.2) is 29.5 Å². The Morgan fingerprint density at radius 3 is 1.89 bits per heavy atom. The predicted octanol–water partition coefficient (Wildman–Crippen LogP) is 9.07. The van der Waals surface area contributed by atoms with Gasteiger partial charge >= 0.3 is 0 Å². The molecule has 0 aliphatic heterocycles. The standard InChI is InChI=1S/C39H24N6/c1-4-13-30-27(11-1)39(28-12-2-5-14-31(28)42-30)25-22-34(32-15-7-8-20-41-32)43-35(23-25)33-16-9-18-38(44-33)45-36-17-6-3-10-26(36)29-24-40-21-19-37(29)45/h1-24H. The zero-order valence-corrected chi connectivity index (χ0v) is 24.0. The summed E-state index contributed by atoms with van der Waals surface area (Å²) in [6, 6.07) is 43.3. The minimum absolute atomic E-state index is 0.766. The van der Waals surface area contributed by atoms with Crippen LogP contribution in [0.25, 0.3) is 83.3 Å². The van der Waals surface area contributed by atoms with E-state index in [1.165, 1.54) is 0 Å². The van der Waals surface area contributed by atoms with E-state index in [1.807, 2.05) is 67.0 Å². The van der Waals surface area contributed by atoms with Crippen LogP contribution in [0.2, 0.25) is 0 Å². The largest absolute Gasteiger partial charge is 0.294 e. The summed E-state index contributed by atoms with van der Waals surface area (Å²) in [7, 11) is 0. The first-order valence-corrected chi connectivity index (χ1v) is 14.8. The molecule has 0 aliphatic carbocycles. The molecule has 9 aromatic rings. The molecule has 0 aliphatic rings. The first-order valence-electron chi connectivity index (χ1n) is 14.8. The minimum Gasteiger partial charge on any atom is -0.294 e. The lowest BCUT2D eigenvalue weighted by Gasteiger charge is -2.14. The van der Waals surface area contributed by atoms with Crippen molar-refractivity contribution in [2.75, 3.05) is 0 Å². The Labute approximate surface area is 258 Å². The van der Waals surface area contributed by atoms with Gasteiger partial charge in [-0.05, 0) is 66.2 Å². The van der Waals surface area contributed by atoms with Crippen LogP contribution < -0.4 is 0 Å². The topological polar surface area (TPSA) is 69.4 Å². The number of hydrogen-bond acceptors (Lipinski definition) is 5. The zero-order valence-electron chi connectivity index (χ0n) is 24.0. The molecule has 0 spiro atoms. The van der Waals surface area contributed by atoms with Crippen molar-refractivity contribution in [3.63, 3.8) is 0 Å². The van der Waals surface area contributed by atoms with Crippen LogP contribution in [0.1, 0.15) is 0 Å². The van der Waals surface area contributed by atoms with Crippen LogP contribution in [0.5, 0.6) is 0 Å². The Morgan fingerprint density at radius 2 is 1.11 bits per heavy atom. The fraction of sp³-hybridized carbons (Fsp3) is 0. The van der Waals surface area contributed by atoms with Gasteiger partial charge in [-0.1, -0.05) is 66.7 Å². The Bertz CT molecular complexity index is 2450. The highest BCUT2D eigenvalue weighted by Crippen LogP contribution is 2.38. The summed E-state index contributed by atoms with van der Waals surface area (Å²) in [5, 5.41) is 4.40. The van der Waals surface area contributed by atoms with E-state index in [1.54, 1.807) is 6.20 Å². The van der Waals surface area contributed by atoms with Crippen LogP contribution >= 0.6 is 0 Å². The average Bonchev–Trinajstić information content (AvgIpc) is 3.45.